The number of hydrogen-bond acceptors (Lipinski definition) is 2. The molecule has 0 unspecified atom stereocenters. The van der Waals surface area contributed by atoms with E-state index in [-0.39, 0.29) is 5.56 Å². The van der Waals surface area contributed by atoms with Crippen molar-refractivity contribution in [1.82, 2.24) is 9.78 Å². The average molecular weight is 335 g/mol. The first-order valence-corrected chi connectivity index (χ1v) is 7.53. The lowest BCUT2D eigenvalue weighted by atomic mass is 10.1. The Morgan fingerprint density at radius 1 is 1.30 bits per heavy atom. The van der Waals surface area contributed by atoms with E-state index in [9.17, 15) is 9.90 Å². The molecule has 1 aromatic heterocycles. The van der Waals surface area contributed by atoms with E-state index in [2.05, 4.69) is 21.0 Å². The molecule has 0 aliphatic heterocycles. The van der Waals surface area contributed by atoms with Crippen LogP contribution in [0.5, 0.6) is 0 Å². The van der Waals surface area contributed by atoms with Crippen molar-refractivity contribution in [2.45, 2.75) is 31.7 Å². The summed E-state index contributed by atoms with van der Waals surface area (Å²) >= 11 is 3.47. The van der Waals surface area contributed by atoms with Crippen molar-refractivity contribution in [1.29, 1.82) is 0 Å². The number of aromatic nitrogens is 2. The first kappa shape index (κ1) is 13.4. The number of carboxylic acid groups (broad SMARTS) is 1. The summed E-state index contributed by atoms with van der Waals surface area (Å²) < 4.78 is 2.70. The van der Waals surface area contributed by atoms with Gasteiger partial charge in [0, 0.05) is 16.2 Å². The fourth-order valence-corrected chi connectivity index (χ4v) is 3.23. The Labute approximate surface area is 125 Å². The number of aromatic carboxylic acids is 1. The Morgan fingerprint density at radius 3 is 2.65 bits per heavy atom. The summed E-state index contributed by atoms with van der Waals surface area (Å²) in [4.78, 5) is 11.5. The third-order valence-electron chi connectivity index (χ3n) is 3.79. The molecule has 0 amide bonds. The molecule has 1 saturated carbocycles. The van der Waals surface area contributed by atoms with Gasteiger partial charge in [-0.2, -0.15) is 5.10 Å². The van der Waals surface area contributed by atoms with Crippen LogP contribution in [-0.4, -0.2) is 20.9 Å². The Balaban J connectivity index is 2.09. The van der Waals surface area contributed by atoms with Crippen LogP contribution in [-0.2, 0) is 0 Å². The summed E-state index contributed by atoms with van der Waals surface area (Å²) in [5, 5.41) is 14.0. The summed E-state index contributed by atoms with van der Waals surface area (Å²) in [5.74, 6) is -0.931. The molecule has 1 aliphatic carbocycles. The Kier molecular flexibility index (Phi) is 3.61. The lowest BCUT2D eigenvalue weighted by Gasteiger charge is -2.08. The molecule has 20 heavy (non-hydrogen) atoms. The number of rotatable bonds is 3. The van der Waals surface area contributed by atoms with E-state index in [4.69, 9.17) is 0 Å². The second-order valence-corrected chi connectivity index (χ2v) is 5.95. The third kappa shape index (κ3) is 2.38. The van der Waals surface area contributed by atoms with Gasteiger partial charge in [0.05, 0.1) is 6.04 Å². The average Bonchev–Trinajstić information content (AvgIpc) is 3.08. The van der Waals surface area contributed by atoms with Crippen molar-refractivity contribution in [2.24, 2.45) is 0 Å². The number of halogens is 1. The predicted molar refractivity (Wildman–Crippen MR) is 79.8 cm³/mol. The van der Waals surface area contributed by atoms with Gasteiger partial charge in [0.2, 0.25) is 0 Å². The highest BCUT2D eigenvalue weighted by Gasteiger charge is 2.23. The molecule has 1 N–H and O–H groups in total. The van der Waals surface area contributed by atoms with Crippen molar-refractivity contribution in [3.8, 4) is 11.3 Å². The maximum absolute atomic E-state index is 11.5. The second-order valence-electron chi connectivity index (χ2n) is 5.09. The van der Waals surface area contributed by atoms with Gasteiger partial charge in [0.1, 0.15) is 11.3 Å². The van der Waals surface area contributed by atoms with E-state index in [0.717, 1.165) is 22.9 Å². The van der Waals surface area contributed by atoms with Crippen molar-refractivity contribution < 1.29 is 9.90 Å². The smallest absolute Gasteiger partial charge is 0.339 e. The lowest BCUT2D eigenvalue weighted by Crippen LogP contribution is -2.05. The van der Waals surface area contributed by atoms with Gasteiger partial charge in [-0.15, -0.1) is 0 Å². The van der Waals surface area contributed by atoms with Crippen molar-refractivity contribution in [2.75, 3.05) is 0 Å². The van der Waals surface area contributed by atoms with Gasteiger partial charge in [0.25, 0.3) is 0 Å². The quantitative estimate of drug-likeness (QED) is 0.918. The molecule has 0 saturated heterocycles. The third-order valence-corrected chi connectivity index (χ3v) is 4.48. The van der Waals surface area contributed by atoms with E-state index in [1.165, 1.54) is 12.8 Å². The first-order valence-electron chi connectivity index (χ1n) is 6.74. The van der Waals surface area contributed by atoms with E-state index in [1.54, 1.807) is 6.20 Å². The minimum absolute atomic E-state index is 0.267. The molecule has 1 heterocycles. The topological polar surface area (TPSA) is 55.1 Å². The Bertz CT molecular complexity index is 645. The summed E-state index contributed by atoms with van der Waals surface area (Å²) in [6.45, 7) is 0. The predicted octanol–water partition coefficient (Wildman–Crippen LogP) is 4.13. The zero-order chi connectivity index (χ0) is 14.1. The fraction of sp³-hybridized carbons (Fsp3) is 0.333. The maximum Gasteiger partial charge on any atom is 0.339 e. The molecule has 0 spiro atoms. The molecule has 1 fully saturated rings. The van der Waals surface area contributed by atoms with Crippen molar-refractivity contribution in [3.63, 3.8) is 0 Å². The fourth-order valence-electron chi connectivity index (χ4n) is 2.76. The number of carbonyl (C=O) groups is 1. The van der Waals surface area contributed by atoms with Gasteiger partial charge >= 0.3 is 5.97 Å². The van der Waals surface area contributed by atoms with Crippen molar-refractivity contribution >= 4 is 21.9 Å². The molecule has 1 aromatic carbocycles. The van der Waals surface area contributed by atoms with Crippen LogP contribution in [0.1, 0.15) is 42.1 Å². The number of nitrogens with zero attached hydrogens (tertiary/aromatic N) is 2. The maximum atomic E-state index is 11.5. The van der Waals surface area contributed by atoms with E-state index >= 15 is 0 Å². The summed E-state index contributed by atoms with van der Waals surface area (Å²) in [7, 11) is 0. The van der Waals surface area contributed by atoms with Gasteiger partial charge in [0.15, 0.2) is 0 Å². The molecule has 4 nitrogen and oxygen atoms in total. The van der Waals surface area contributed by atoms with E-state index in [0.29, 0.717) is 11.7 Å². The number of benzene rings is 1. The monoisotopic (exact) mass is 334 g/mol. The summed E-state index contributed by atoms with van der Waals surface area (Å²) in [6.07, 6.45) is 6.22. The van der Waals surface area contributed by atoms with E-state index in [1.807, 2.05) is 28.9 Å². The highest BCUT2D eigenvalue weighted by molar-refractivity contribution is 9.10. The molecule has 3 rings (SSSR count). The van der Waals surface area contributed by atoms with Gasteiger partial charge in [-0.1, -0.05) is 47.0 Å². The standard InChI is InChI=1S/C15H15BrN2O2/c16-13-8-4-3-7-11(13)14-12(15(19)20)9-18(17-14)10-5-1-2-6-10/h3-4,7-10H,1-2,5-6H2,(H,19,20). The molecule has 2 aromatic rings. The van der Waals surface area contributed by atoms with Gasteiger partial charge in [-0.05, 0) is 18.9 Å². The van der Waals surface area contributed by atoms with Crippen molar-refractivity contribution in [3.05, 3.63) is 40.5 Å². The first-order chi connectivity index (χ1) is 9.66. The number of hydrogen-bond donors (Lipinski definition) is 1. The minimum atomic E-state index is -0.931. The molecule has 0 bridgehead atoms. The van der Waals surface area contributed by atoms with E-state index < -0.39 is 5.97 Å². The molecule has 0 radical (unpaired) electrons. The molecule has 5 heteroatoms. The molecule has 0 atom stereocenters. The zero-order valence-corrected chi connectivity index (χ0v) is 12.5. The van der Waals surface area contributed by atoms with Crippen LogP contribution in [0.3, 0.4) is 0 Å². The van der Waals surface area contributed by atoms with Gasteiger partial charge in [-0.3, -0.25) is 4.68 Å². The molecular weight excluding hydrogens is 320 g/mol. The van der Waals surface area contributed by atoms with Crippen LogP contribution < -0.4 is 0 Å². The number of carboxylic acids is 1. The lowest BCUT2D eigenvalue weighted by molar-refractivity contribution is 0.0697. The molecule has 104 valence electrons. The van der Waals surface area contributed by atoms with Crippen LogP contribution in [0.25, 0.3) is 11.3 Å². The highest BCUT2D eigenvalue weighted by atomic mass is 79.9. The van der Waals surface area contributed by atoms with Crippen LogP contribution in [0, 0.1) is 0 Å². The van der Waals surface area contributed by atoms with Gasteiger partial charge in [-0.25, -0.2) is 4.79 Å². The minimum Gasteiger partial charge on any atom is -0.478 e. The normalized spacial score (nSPS) is 15.7. The van der Waals surface area contributed by atoms with Crippen LogP contribution in [0.15, 0.2) is 34.9 Å². The van der Waals surface area contributed by atoms with Crippen LogP contribution >= 0.6 is 15.9 Å². The highest BCUT2D eigenvalue weighted by Crippen LogP contribution is 2.33. The molecular formula is C15H15BrN2O2. The van der Waals surface area contributed by atoms with Crippen LogP contribution in [0.4, 0.5) is 0 Å². The molecule has 1 aliphatic rings. The summed E-state index contributed by atoms with van der Waals surface area (Å²) in [6, 6.07) is 7.92. The SMILES string of the molecule is O=C(O)c1cn(C2CCCC2)nc1-c1ccccc1Br. The largest absolute Gasteiger partial charge is 0.478 e. The Hall–Kier alpha value is -1.62. The second kappa shape index (κ2) is 5.40. The zero-order valence-electron chi connectivity index (χ0n) is 10.9. The van der Waals surface area contributed by atoms with Crippen LogP contribution in [0.2, 0.25) is 0 Å². The Morgan fingerprint density at radius 2 is 2.00 bits per heavy atom. The summed E-state index contributed by atoms with van der Waals surface area (Å²) in [5.41, 5.74) is 1.63. The van der Waals surface area contributed by atoms with Gasteiger partial charge < -0.3 is 5.11 Å².